The van der Waals surface area contributed by atoms with Crippen molar-refractivity contribution < 1.29 is 19.1 Å². The first-order valence-electron chi connectivity index (χ1n) is 9.10. The van der Waals surface area contributed by atoms with Crippen molar-refractivity contribution in [1.29, 1.82) is 0 Å². The van der Waals surface area contributed by atoms with Crippen molar-refractivity contribution in [3.63, 3.8) is 0 Å². The fourth-order valence-corrected chi connectivity index (χ4v) is 3.14. The third-order valence-corrected chi connectivity index (χ3v) is 4.52. The first-order chi connectivity index (χ1) is 12.5. The number of hydrogen-bond acceptors (Lipinski definition) is 4. The molecule has 6 nitrogen and oxygen atoms in total. The van der Waals surface area contributed by atoms with Crippen LogP contribution in [0.5, 0.6) is 0 Å². The fraction of sp³-hybridized carbons (Fsp3) is 0.450. The molecule has 2 amide bonds. The minimum atomic E-state index is -0.541. The number of nitrogens with one attached hydrogen (secondary N) is 1. The van der Waals surface area contributed by atoms with Gasteiger partial charge in [0.1, 0.15) is 0 Å². The highest BCUT2D eigenvalue weighted by Gasteiger charge is 2.35. The highest BCUT2D eigenvalue weighted by molar-refractivity contribution is 5.93. The van der Waals surface area contributed by atoms with Crippen LogP contribution in [0.15, 0.2) is 36.0 Å². The largest absolute Gasteiger partial charge is 0.452 e. The van der Waals surface area contributed by atoms with Crippen molar-refractivity contribution in [2.45, 2.75) is 51.5 Å². The Hall–Kier alpha value is -2.63. The molecule has 1 aromatic rings. The fourth-order valence-electron chi connectivity index (χ4n) is 3.14. The molecular weight excluding hydrogens is 332 g/mol. The molecule has 0 atom stereocenters. The normalized spacial score (nSPS) is 16.4. The van der Waals surface area contributed by atoms with Crippen LogP contribution < -0.4 is 5.32 Å². The zero-order valence-electron chi connectivity index (χ0n) is 15.0. The monoisotopic (exact) mass is 356 g/mol. The van der Waals surface area contributed by atoms with E-state index in [0.717, 1.165) is 37.8 Å². The Morgan fingerprint density at radius 1 is 1.15 bits per heavy atom. The van der Waals surface area contributed by atoms with Crippen LogP contribution in [0.25, 0.3) is 0 Å². The lowest BCUT2D eigenvalue weighted by Crippen LogP contribution is -2.36. The predicted octanol–water partition coefficient (Wildman–Crippen LogP) is 3.25. The van der Waals surface area contributed by atoms with E-state index in [2.05, 4.69) is 11.4 Å². The van der Waals surface area contributed by atoms with Crippen LogP contribution in [0.3, 0.4) is 0 Å². The van der Waals surface area contributed by atoms with E-state index in [1.807, 2.05) is 4.90 Å². The molecule has 1 N–H and O–H groups in total. The van der Waals surface area contributed by atoms with Crippen LogP contribution in [-0.4, -0.2) is 35.3 Å². The highest BCUT2D eigenvalue weighted by atomic mass is 16.5. The second-order valence-corrected chi connectivity index (χ2v) is 6.77. The molecule has 1 fully saturated rings. The van der Waals surface area contributed by atoms with Crippen molar-refractivity contribution in [3.8, 4) is 0 Å². The molecule has 0 saturated heterocycles. The van der Waals surface area contributed by atoms with Crippen LogP contribution in [0.1, 0.15) is 55.8 Å². The highest BCUT2D eigenvalue weighted by Crippen LogP contribution is 2.33. The number of nitrogens with zero attached hydrogens (tertiary/aromatic N) is 1. The van der Waals surface area contributed by atoms with Crippen molar-refractivity contribution in [3.05, 3.63) is 41.6 Å². The van der Waals surface area contributed by atoms with Crippen LogP contribution in [0, 0.1) is 0 Å². The van der Waals surface area contributed by atoms with E-state index < -0.39 is 5.97 Å². The van der Waals surface area contributed by atoms with Crippen molar-refractivity contribution in [1.82, 2.24) is 4.90 Å². The predicted molar refractivity (Wildman–Crippen MR) is 97.4 cm³/mol. The van der Waals surface area contributed by atoms with Crippen LogP contribution in [0.2, 0.25) is 0 Å². The van der Waals surface area contributed by atoms with Crippen LogP contribution in [0.4, 0.5) is 5.69 Å². The summed E-state index contributed by atoms with van der Waals surface area (Å²) >= 11 is 0. The first kappa shape index (κ1) is 18.2. The molecule has 1 saturated carbocycles. The van der Waals surface area contributed by atoms with E-state index in [9.17, 15) is 14.4 Å². The molecule has 6 heteroatoms. The Balaban J connectivity index is 1.56. The maximum atomic E-state index is 12.6. The van der Waals surface area contributed by atoms with Gasteiger partial charge in [0.2, 0.25) is 5.91 Å². The van der Waals surface area contributed by atoms with Gasteiger partial charge in [-0.25, -0.2) is 4.79 Å². The number of ether oxygens (including phenoxy) is 1. The maximum Gasteiger partial charge on any atom is 0.338 e. The first-order valence-corrected chi connectivity index (χ1v) is 9.10. The molecule has 0 unspecified atom stereocenters. The van der Waals surface area contributed by atoms with Gasteiger partial charge in [-0.05, 0) is 62.8 Å². The zero-order chi connectivity index (χ0) is 18.5. The quantitative estimate of drug-likeness (QED) is 0.794. The lowest BCUT2D eigenvalue weighted by atomic mass is 10.0. The molecule has 0 aromatic heterocycles. The number of allylic oxidation sites excluding steroid dienone is 2. The molecule has 0 aliphatic heterocycles. The summed E-state index contributed by atoms with van der Waals surface area (Å²) in [6.45, 7) is 1.17. The molecule has 2 aliphatic carbocycles. The van der Waals surface area contributed by atoms with Crippen molar-refractivity contribution >= 4 is 23.5 Å². The number of rotatable bonds is 6. The Kier molecular flexibility index (Phi) is 5.71. The van der Waals surface area contributed by atoms with Gasteiger partial charge < -0.3 is 15.0 Å². The number of hydrogen-bond donors (Lipinski definition) is 1. The molecular formula is C20H24N2O4. The van der Waals surface area contributed by atoms with E-state index in [0.29, 0.717) is 11.3 Å². The number of esters is 1. The summed E-state index contributed by atoms with van der Waals surface area (Å²) in [5.74, 6) is -0.868. The Morgan fingerprint density at radius 3 is 2.46 bits per heavy atom. The molecule has 0 spiro atoms. The van der Waals surface area contributed by atoms with E-state index >= 15 is 0 Å². The van der Waals surface area contributed by atoms with E-state index in [4.69, 9.17) is 4.74 Å². The molecule has 1 aromatic carbocycles. The average Bonchev–Trinajstić information content (AvgIpc) is 3.46. The Morgan fingerprint density at radius 2 is 1.88 bits per heavy atom. The van der Waals surface area contributed by atoms with Gasteiger partial charge in [0.15, 0.2) is 6.61 Å². The summed E-state index contributed by atoms with van der Waals surface area (Å²) in [5, 5.41) is 2.63. The van der Waals surface area contributed by atoms with E-state index in [1.165, 1.54) is 13.3 Å². The van der Waals surface area contributed by atoms with Crippen molar-refractivity contribution in [2.24, 2.45) is 0 Å². The second-order valence-electron chi connectivity index (χ2n) is 6.77. The molecule has 138 valence electrons. The Bertz CT molecular complexity index is 720. The summed E-state index contributed by atoms with van der Waals surface area (Å²) in [5.41, 5.74) is 2.04. The van der Waals surface area contributed by atoms with Crippen LogP contribution >= 0.6 is 0 Å². The minimum Gasteiger partial charge on any atom is -0.452 e. The summed E-state index contributed by atoms with van der Waals surface area (Å²) in [4.78, 5) is 37.6. The SMILES string of the molecule is CC(=O)Nc1ccc(C(=O)OCC(=O)N(C2=CCCCC2)C2CC2)cc1. The van der Waals surface area contributed by atoms with E-state index in [-0.39, 0.29) is 24.5 Å². The van der Waals surface area contributed by atoms with Gasteiger partial charge in [0, 0.05) is 24.4 Å². The summed E-state index contributed by atoms with van der Waals surface area (Å²) in [7, 11) is 0. The summed E-state index contributed by atoms with van der Waals surface area (Å²) in [6.07, 6.45) is 8.36. The second kappa shape index (κ2) is 8.17. The van der Waals surface area contributed by atoms with E-state index in [1.54, 1.807) is 24.3 Å². The third kappa shape index (κ3) is 4.71. The molecule has 0 bridgehead atoms. The van der Waals surface area contributed by atoms with Gasteiger partial charge in [0.25, 0.3) is 5.91 Å². The molecule has 26 heavy (non-hydrogen) atoms. The molecule has 0 heterocycles. The number of amides is 2. The molecule has 2 aliphatic rings. The Labute approximate surface area is 153 Å². The number of benzene rings is 1. The van der Waals surface area contributed by atoms with Gasteiger partial charge in [-0.1, -0.05) is 6.08 Å². The van der Waals surface area contributed by atoms with Gasteiger partial charge in [-0.15, -0.1) is 0 Å². The minimum absolute atomic E-state index is 0.149. The number of carbonyl (C=O) groups is 3. The summed E-state index contributed by atoms with van der Waals surface area (Å²) < 4.78 is 5.22. The van der Waals surface area contributed by atoms with Gasteiger partial charge in [-0.3, -0.25) is 9.59 Å². The van der Waals surface area contributed by atoms with Crippen molar-refractivity contribution in [2.75, 3.05) is 11.9 Å². The topological polar surface area (TPSA) is 75.7 Å². The third-order valence-electron chi connectivity index (χ3n) is 4.52. The molecule has 3 rings (SSSR count). The number of anilines is 1. The van der Waals surface area contributed by atoms with Gasteiger partial charge >= 0.3 is 5.97 Å². The molecule has 0 radical (unpaired) electrons. The average molecular weight is 356 g/mol. The standard InChI is InChI=1S/C20H24N2O4/c1-14(23)21-16-9-7-15(8-10-16)20(25)26-13-19(24)22(18-11-12-18)17-5-3-2-4-6-17/h5,7-10,18H,2-4,6,11-13H2,1H3,(H,21,23). The maximum absolute atomic E-state index is 12.6. The zero-order valence-corrected chi connectivity index (χ0v) is 15.0. The van der Waals surface area contributed by atoms with Gasteiger partial charge in [-0.2, -0.15) is 0 Å². The van der Waals surface area contributed by atoms with Crippen LogP contribution in [-0.2, 0) is 14.3 Å². The lowest BCUT2D eigenvalue weighted by Gasteiger charge is -2.27. The summed E-state index contributed by atoms with van der Waals surface area (Å²) in [6, 6.07) is 6.66. The smallest absolute Gasteiger partial charge is 0.338 e. The van der Waals surface area contributed by atoms with Gasteiger partial charge in [0.05, 0.1) is 5.56 Å². The number of carbonyl (C=O) groups excluding carboxylic acids is 3. The lowest BCUT2D eigenvalue weighted by molar-refractivity contribution is -0.133.